The number of hydrogen-bond acceptors (Lipinski definition) is 21. The summed E-state index contributed by atoms with van der Waals surface area (Å²) in [6.45, 7) is 17.7. The molecule has 12 N–H and O–H groups in total. The molecule has 0 spiro atoms. The molecule has 0 aromatic carbocycles. The van der Waals surface area contributed by atoms with Gasteiger partial charge in [0.05, 0.1) is 43.5 Å². The van der Waals surface area contributed by atoms with Crippen LogP contribution in [-0.4, -0.2) is 210 Å². The minimum Gasteiger partial charge on any atom is -0.432 e. The fraction of sp³-hybridized carbons (Fsp3) is 0.942. The lowest BCUT2D eigenvalue weighted by Gasteiger charge is -2.73. The summed E-state index contributed by atoms with van der Waals surface area (Å²) in [6, 6.07) is 0. The van der Waals surface area contributed by atoms with Crippen LogP contribution < -0.4 is 0 Å². The van der Waals surface area contributed by atoms with E-state index < -0.39 is 158 Å². The minimum atomic E-state index is -1.84. The number of aliphatic hydroxyl groups is 12. The third-order valence-electron chi connectivity index (χ3n) is 21.0. The Balaban J connectivity index is 0.923. The average molecular weight is 1050 g/mol. The van der Waals surface area contributed by atoms with Gasteiger partial charge in [-0.15, -0.1) is 0 Å². The summed E-state index contributed by atoms with van der Waals surface area (Å²) in [5.41, 5.74) is -1.49. The summed E-state index contributed by atoms with van der Waals surface area (Å²) in [5, 5.41) is 130. The van der Waals surface area contributed by atoms with Crippen molar-refractivity contribution in [3.63, 3.8) is 0 Å². The standard InChI is InChI=1S/C52H84O21/c1-21(2)23-11-14-52(47(65)73-45-40(64)36(60)32(56)22(3)68-45)16-15-50(7)24(31(23)52)9-10-30-49(6)17-25(54)42(48(4,5)29(49)12-13-51(30,50)8)72-46-41(37(61)34(58)27(18-53)69-46)71-44-39(63)35(59)28(20-67-44)70-43-38(62)33(57)26(55)19-66-43/h22-46,53-64H,1,9-20H2,2-8H3/t22-,23-,24+,25+,26-,27+,28+,29-,30+,31+,32-,33-,34+,35-,36+,37-,38+,39+,40+,41+,42-,43-,44-,45-,46-,49-,50+,51+,52-/m0/s1. The van der Waals surface area contributed by atoms with Crippen LogP contribution in [-0.2, 0) is 42.7 Å². The zero-order chi connectivity index (χ0) is 53.2. The number of aliphatic hydroxyl groups excluding tert-OH is 12. The zero-order valence-corrected chi connectivity index (χ0v) is 43.2. The highest BCUT2D eigenvalue weighted by Crippen LogP contribution is 2.78. The van der Waals surface area contributed by atoms with E-state index in [9.17, 15) is 66.1 Å². The number of allylic oxidation sites excluding steroid dienone is 1. The number of ether oxygens (including phenoxy) is 8. The summed E-state index contributed by atoms with van der Waals surface area (Å²) in [6.07, 6.45) is -23.0. The maximum absolute atomic E-state index is 14.7. The number of carbonyl (C=O) groups is 1. The lowest BCUT2D eigenvalue weighted by molar-refractivity contribution is -0.381. The van der Waals surface area contributed by atoms with Gasteiger partial charge in [-0.2, -0.15) is 0 Å². The first-order chi connectivity index (χ1) is 34.2. The van der Waals surface area contributed by atoms with E-state index in [0.717, 1.165) is 44.1 Å². The van der Waals surface area contributed by atoms with Crippen LogP contribution in [0.15, 0.2) is 12.2 Å². The van der Waals surface area contributed by atoms with Gasteiger partial charge in [-0.3, -0.25) is 4.79 Å². The third-order valence-corrected chi connectivity index (χ3v) is 21.0. The largest absolute Gasteiger partial charge is 0.432 e. The van der Waals surface area contributed by atoms with E-state index >= 15 is 0 Å². The molecule has 29 atom stereocenters. The van der Waals surface area contributed by atoms with Crippen molar-refractivity contribution in [2.75, 3.05) is 19.8 Å². The van der Waals surface area contributed by atoms with Crippen molar-refractivity contribution in [3.8, 4) is 0 Å². The second-order valence-electron chi connectivity index (χ2n) is 25.0. The molecule has 5 aliphatic carbocycles. The van der Waals surface area contributed by atoms with Crippen LogP contribution in [0.2, 0.25) is 0 Å². The number of fused-ring (bicyclic) bond motifs is 7. The van der Waals surface area contributed by atoms with Gasteiger partial charge < -0.3 is 99.2 Å². The van der Waals surface area contributed by atoms with Crippen LogP contribution in [0.25, 0.3) is 0 Å². The number of hydrogen-bond donors (Lipinski definition) is 12. The number of rotatable bonds is 10. The second kappa shape index (κ2) is 20.3. The van der Waals surface area contributed by atoms with Gasteiger partial charge in [0.15, 0.2) is 18.9 Å². The predicted molar refractivity (Wildman–Crippen MR) is 251 cm³/mol. The highest BCUT2D eigenvalue weighted by molar-refractivity contribution is 5.78. The van der Waals surface area contributed by atoms with Gasteiger partial charge in [0.1, 0.15) is 79.4 Å². The normalized spacial score (nSPS) is 55.8. The van der Waals surface area contributed by atoms with Gasteiger partial charge in [0, 0.05) is 0 Å². The Morgan fingerprint density at radius 3 is 1.96 bits per heavy atom. The lowest BCUT2D eigenvalue weighted by atomic mass is 9.32. The molecule has 0 aromatic heterocycles. The molecule has 0 aromatic rings. The van der Waals surface area contributed by atoms with Crippen LogP contribution in [0, 0.1) is 56.7 Å². The minimum absolute atomic E-state index is 0.00385. The highest BCUT2D eigenvalue weighted by atomic mass is 16.8. The fourth-order valence-corrected chi connectivity index (χ4v) is 16.9. The van der Waals surface area contributed by atoms with E-state index in [0.29, 0.717) is 19.3 Å². The van der Waals surface area contributed by atoms with Crippen LogP contribution in [0.3, 0.4) is 0 Å². The summed E-state index contributed by atoms with van der Waals surface area (Å²) in [4.78, 5) is 14.7. The van der Waals surface area contributed by atoms with Gasteiger partial charge >= 0.3 is 5.97 Å². The fourth-order valence-electron chi connectivity index (χ4n) is 16.9. The van der Waals surface area contributed by atoms with Crippen molar-refractivity contribution in [2.24, 2.45) is 56.7 Å². The molecule has 9 aliphatic rings. The van der Waals surface area contributed by atoms with Crippen molar-refractivity contribution in [1.29, 1.82) is 0 Å². The van der Waals surface area contributed by atoms with Crippen LogP contribution in [0.4, 0.5) is 0 Å². The van der Waals surface area contributed by atoms with E-state index in [1.54, 1.807) is 6.92 Å². The predicted octanol–water partition coefficient (Wildman–Crippen LogP) is -0.903. The summed E-state index contributed by atoms with van der Waals surface area (Å²) in [5.74, 6) is -0.256. The zero-order valence-electron chi connectivity index (χ0n) is 43.2. The van der Waals surface area contributed by atoms with Crippen molar-refractivity contribution >= 4 is 5.97 Å². The van der Waals surface area contributed by atoms with Crippen molar-refractivity contribution < 1.29 is 104 Å². The molecule has 9 fully saturated rings. The Morgan fingerprint density at radius 2 is 1.27 bits per heavy atom. The lowest BCUT2D eigenvalue weighted by Crippen LogP contribution is -2.70. The van der Waals surface area contributed by atoms with Crippen LogP contribution in [0.1, 0.15) is 106 Å². The first-order valence-electron chi connectivity index (χ1n) is 26.6. The molecule has 0 unspecified atom stereocenters. The number of esters is 1. The Labute approximate surface area is 426 Å². The van der Waals surface area contributed by atoms with E-state index in [-0.39, 0.29) is 47.0 Å². The van der Waals surface area contributed by atoms with Gasteiger partial charge in [0.2, 0.25) is 6.29 Å². The topological polar surface area (TPSA) is 334 Å². The van der Waals surface area contributed by atoms with Crippen molar-refractivity contribution in [2.45, 2.75) is 229 Å². The molecule has 0 radical (unpaired) electrons. The number of carbonyl (C=O) groups excluding carboxylic acids is 1. The van der Waals surface area contributed by atoms with Gasteiger partial charge in [-0.25, -0.2) is 0 Å². The Bertz CT molecular complexity index is 2000. The van der Waals surface area contributed by atoms with Crippen molar-refractivity contribution in [1.82, 2.24) is 0 Å². The van der Waals surface area contributed by atoms with Crippen LogP contribution in [0.5, 0.6) is 0 Å². The third kappa shape index (κ3) is 8.91. The Morgan fingerprint density at radius 1 is 0.616 bits per heavy atom. The smallest absolute Gasteiger partial charge is 0.314 e. The molecule has 21 nitrogen and oxygen atoms in total. The first-order valence-corrected chi connectivity index (χ1v) is 26.6. The molecular formula is C52H84O21. The maximum atomic E-state index is 14.7. The Kier molecular flexibility index (Phi) is 15.6. The molecule has 4 aliphatic heterocycles. The second-order valence-corrected chi connectivity index (χ2v) is 25.0. The average Bonchev–Trinajstić information content (AvgIpc) is 3.74. The van der Waals surface area contributed by atoms with E-state index in [1.807, 2.05) is 20.8 Å². The molecule has 4 heterocycles. The summed E-state index contributed by atoms with van der Waals surface area (Å²) < 4.78 is 47.4. The molecule has 0 bridgehead atoms. The molecule has 0 amide bonds. The van der Waals surface area contributed by atoms with Crippen molar-refractivity contribution in [3.05, 3.63) is 12.2 Å². The molecule has 4 saturated heterocycles. The highest BCUT2D eigenvalue weighted by Gasteiger charge is 2.73. The molecule has 9 rings (SSSR count). The summed E-state index contributed by atoms with van der Waals surface area (Å²) in [7, 11) is 0. The monoisotopic (exact) mass is 1040 g/mol. The molecule has 73 heavy (non-hydrogen) atoms. The maximum Gasteiger partial charge on any atom is 0.314 e. The molecule has 21 heteroatoms. The van der Waals surface area contributed by atoms with Gasteiger partial charge in [0.25, 0.3) is 0 Å². The van der Waals surface area contributed by atoms with E-state index in [2.05, 4.69) is 27.4 Å². The Hall–Kier alpha value is -1.55. The van der Waals surface area contributed by atoms with E-state index in [1.165, 1.54) is 0 Å². The molecule has 418 valence electrons. The quantitative estimate of drug-likeness (QED) is 0.0716. The van der Waals surface area contributed by atoms with Crippen LogP contribution >= 0.6 is 0 Å². The van der Waals surface area contributed by atoms with Gasteiger partial charge in [-0.05, 0) is 123 Å². The molecular weight excluding hydrogens is 961 g/mol. The van der Waals surface area contributed by atoms with Gasteiger partial charge in [-0.1, -0.05) is 46.8 Å². The van der Waals surface area contributed by atoms with E-state index in [4.69, 9.17) is 37.9 Å². The summed E-state index contributed by atoms with van der Waals surface area (Å²) >= 11 is 0. The SMILES string of the molecule is C=C(C)[C@@H]1CC[C@]2(C(=O)O[C@@H]3O[C@@H](C)[C@H](O)[C@@H](O)[C@H]3O)CC[C@]3(C)[C@H](CC[C@@H]4[C@@]5(C)C[C@@H](O)[C@H](O[C@@H]6O[C@H](CO)[C@@H](O)[C@H](O)[C@H]6O[C@@H]6OC[C@@H](O[C@@H]7OC[C@H](O)[C@H](O)[C@H]7O)[C@H](O)[C@H]6O)C(C)(C)[C@@H]5CC[C@]43C)[C@@H]12. The molecule has 5 saturated carbocycles. The first kappa shape index (κ1) is 56.2.